The molecule has 0 atom stereocenters. The molecule has 2 amide bonds. The van der Waals surface area contributed by atoms with Gasteiger partial charge >= 0.3 is 6.03 Å². The Bertz CT molecular complexity index is 1110. The van der Waals surface area contributed by atoms with Crippen molar-refractivity contribution in [3.8, 4) is 11.5 Å². The number of fused-ring (bicyclic) bond motifs is 1. The van der Waals surface area contributed by atoms with Gasteiger partial charge in [-0.1, -0.05) is 6.07 Å². The summed E-state index contributed by atoms with van der Waals surface area (Å²) >= 11 is 0. The van der Waals surface area contributed by atoms with Crippen molar-refractivity contribution in [3.63, 3.8) is 0 Å². The fraction of sp³-hybridized carbons (Fsp3) is 0.222. The van der Waals surface area contributed by atoms with Crippen LogP contribution in [0, 0.1) is 0 Å². The Labute approximate surface area is 167 Å². The maximum atomic E-state index is 12.3. The van der Waals surface area contributed by atoms with E-state index in [0.29, 0.717) is 22.9 Å². The van der Waals surface area contributed by atoms with Crippen LogP contribution >= 0.6 is 0 Å². The molecular weight excluding hydrogens is 398 g/mol. The van der Waals surface area contributed by atoms with E-state index in [1.165, 1.54) is 14.2 Å². The minimum Gasteiger partial charge on any atom is -0.493 e. The maximum absolute atomic E-state index is 12.3. The van der Waals surface area contributed by atoms with Gasteiger partial charge in [0.1, 0.15) is 0 Å². The van der Waals surface area contributed by atoms with Crippen molar-refractivity contribution < 1.29 is 22.7 Å². The Hall–Kier alpha value is -3.47. The molecule has 0 radical (unpaired) electrons. The predicted octanol–water partition coefficient (Wildman–Crippen LogP) is 1.91. The number of hydrogen-bond acceptors (Lipinski definition) is 6. The number of methoxy groups -OCH3 is 2. The quantitative estimate of drug-likeness (QED) is 0.513. The number of ether oxygens (including phenoxy) is 2. The van der Waals surface area contributed by atoms with Crippen molar-refractivity contribution >= 4 is 32.9 Å². The Morgan fingerprint density at radius 1 is 1.17 bits per heavy atom. The minimum absolute atomic E-state index is 0.0810. The first kappa shape index (κ1) is 20.3. The number of carbonyl (C=O) groups excluding carboxylic acids is 1. The van der Waals surface area contributed by atoms with E-state index in [9.17, 15) is 13.2 Å². The summed E-state index contributed by atoms with van der Waals surface area (Å²) in [5.41, 5.74) is 1.58. The van der Waals surface area contributed by atoms with Crippen molar-refractivity contribution in [1.82, 2.24) is 14.9 Å². The first-order valence-corrected chi connectivity index (χ1v) is 10.3. The summed E-state index contributed by atoms with van der Waals surface area (Å²) in [5, 5.41) is 9.17. The van der Waals surface area contributed by atoms with Gasteiger partial charge in [-0.15, -0.1) is 0 Å². The van der Waals surface area contributed by atoms with Crippen molar-refractivity contribution in [2.24, 2.45) is 0 Å². The van der Waals surface area contributed by atoms with Gasteiger partial charge in [-0.25, -0.2) is 17.7 Å². The second-order valence-electron chi connectivity index (χ2n) is 5.96. The summed E-state index contributed by atoms with van der Waals surface area (Å²) in [6.45, 7) is -0.0810. The SMILES string of the molecule is COc1cccc(NC(=O)NCCS(=O)(=O)Nc2ccn3nccc3c2)c1OC. The topological polar surface area (TPSA) is 123 Å². The number of anilines is 2. The van der Waals surface area contributed by atoms with Crippen LogP contribution in [0.25, 0.3) is 5.52 Å². The number of pyridine rings is 1. The van der Waals surface area contributed by atoms with Gasteiger partial charge in [0.05, 0.1) is 36.9 Å². The number of rotatable bonds is 8. The fourth-order valence-corrected chi connectivity index (χ4v) is 3.63. The zero-order valence-corrected chi connectivity index (χ0v) is 16.7. The van der Waals surface area contributed by atoms with Crippen LogP contribution in [-0.2, 0) is 10.0 Å². The summed E-state index contributed by atoms with van der Waals surface area (Å²) in [5.74, 6) is 0.544. The molecular formula is C18H21N5O5S. The zero-order valence-electron chi connectivity index (χ0n) is 15.9. The molecule has 0 spiro atoms. The highest BCUT2D eigenvalue weighted by atomic mass is 32.2. The number of sulfonamides is 1. The number of benzene rings is 1. The van der Waals surface area contributed by atoms with E-state index >= 15 is 0 Å². The van der Waals surface area contributed by atoms with Crippen LogP contribution in [-0.4, -0.2) is 50.6 Å². The molecule has 2 aromatic heterocycles. The lowest BCUT2D eigenvalue weighted by Crippen LogP contribution is -2.34. The molecule has 0 fully saturated rings. The highest BCUT2D eigenvalue weighted by molar-refractivity contribution is 7.92. The number of urea groups is 1. The molecule has 0 aliphatic carbocycles. The Morgan fingerprint density at radius 2 is 2.00 bits per heavy atom. The van der Waals surface area contributed by atoms with E-state index < -0.39 is 16.1 Å². The smallest absolute Gasteiger partial charge is 0.319 e. The van der Waals surface area contributed by atoms with Gasteiger partial charge in [-0.05, 0) is 30.3 Å². The van der Waals surface area contributed by atoms with Crippen LogP contribution in [0.1, 0.15) is 0 Å². The molecule has 154 valence electrons. The minimum atomic E-state index is -3.65. The third-order valence-corrected chi connectivity index (χ3v) is 5.27. The molecule has 0 unspecified atom stereocenters. The number of aromatic nitrogens is 2. The monoisotopic (exact) mass is 419 g/mol. The van der Waals surface area contributed by atoms with Crippen LogP contribution < -0.4 is 24.8 Å². The van der Waals surface area contributed by atoms with Gasteiger partial charge in [0.25, 0.3) is 0 Å². The van der Waals surface area contributed by atoms with Crippen LogP contribution in [0.15, 0.2) is 48.8 Å². The predicted molar refractivity (Wildman–Crippen MR) is 109 cm³/mol. The van der Waals surface area contributed by atoms with E-state index in [4.69, 9.17) is 9.47 Å². The van der Waals surface area contributed by atoms with E-state index in [1.54, 1.807) is 53.3 Å². The van der Waals surface area contributed by atoms with Crippen molar-refractivity contribution in [1.29, 1.82) is 0 Å². The van der Waals surface area contributed by atoms with Crippen LogP contribution in [0.5, 0.6) is 11.5 Å². The molecule has 1 aromatic carbocycles. The number of carbonyl (C=O) groups is 1. The van der Waals surface area contributed by atoms with Gasteiger partial charge in [0.2, 0.25) is 10.0 Å². The Kier molecular flexibility index (Phi) is 6.07. The molecule has 0 bridgehead atoms. The lowest BCUT2D eigenvalue weighted by Gasteiger charge is -2.14. The standard InChI is InChI=1S/C18H21N5O5S/c1-27-16-5-3-4-15(17(16)28-2)21-18(24)19-9-11-29(25,26)22-13-7-10-23-14(12-13)6-8-20-23/h3-8,10,12,22H,9,11H2,1-2H3,(H2,19,21,24). The molecule has 29 heavy (non-hydrogen) atoms. The van der Waals surface area contributed by atoms with Crippen LogP contribution in [0.3, 0.4) is 0 Å². The first-order valence-electron chi connectivity index (χ1n) is 8.61. The lowest BCUT2D eigenvalue weighted by atomic mass is 10.2. The molecule has 3 rings (SSSR count). The summed E-state index contributed by atoms with van der Waals surface area (Å²) in [6.07, 6.45) is 3.27. The fourth-order valence-electron chi connectivity index (χ4n) is 2.67. The van der Waals surface area contributed by atoms with Crippen LogP contribution in [0.4, 0.5) is 16.2 Å². The first-order chi connectivity index (χ1) is 13.9. The number of amides is 2. The molecule has 3 N–H and O–H groups in total. The molecule has 10 nitrogen and oxygen atoms in total. The number of nitrogens with one attached hydrogen (secondary N) is 3. The average Bonchev–Trinajstić information content (AvgIpc) is 3.15. The van der Waals surface area contributed by atoms with Gasteiger partial charge < -0.3 is 20.1 Å². The maximum Gasteiger partial charge on any atom is 0.319 e. The van der Waals surface area contributed by atoms with Crippen molar-refractivity contribution in [2.75, 3.05) is 36.6 Å². The summed E-state index contributed by atoms with van der Waals surface area (Å²) in [6, 6.07) is 9.51. The highest BCUT2D eigenvalue weighted by Crippen LogP contribution is 2.34. The summed E-state index contributed by atoms with van der Waals surface area (Å²) in [7, 11) is -0.696. The third kappa shape index (κ3) is 5.08. The van der Waals surface area contributed by atoms with Crippen molar-refractivity contribution in [2.45, 2.75) is 0 Å². The third-order valence-electron chi connectivity index (χ3n) is 3.98. The number of nitrogens with zero attached hydrogens (tertiary/aromatic N) is 2. The summed E-state index contributed by atoms with van der Waals surface area (Å²) < 4.78 is 39.0. The van der Waals surface area contributed by atoms with Crippen molar-refractivity contribution in [3.05, 3.63) is 48.8 Å². The second kappa shape index (κ2) is 8.69. The van der Waals surface area contributed by atoms with E-state index in [1.807, 2.05) is 0 Å². The molecule has 11 heteroatoms. The zero-order chi connectivity index (χ0) is 20.9. The molecule has 0 aliphatic heterocycles. The average molecular weight is 419 g/mol. The van der Waals surface area contributed by atoms with E-state index in [-0.39, 0.29) is 12.3 Å². The lowest BCUT2D eigenvalue weighted by molar-refractivity contribution is 0.252. The van der Waals surface area contributed by atoms with Gasteiger partial charge in [0.15, 0.2) is 11.5 Å². The Balaban J connectivity index is 1.54. The largest absolute Gasteiger partial charge is 0.493 e. The number of hydrogen-bond donors (Lipinski definition) is 3. The van der Waals surface area contributed by atoms with Crippen LogP contribution in [0.2, 0.25) is 0 Å². The molecule has 2 heterocycles. The highest BCUT2D eigenvalue weighted by Gasteiger charge is 2.14. The molecule has 0 aliphatic rings. The molecule has 0 saturated heterocycles. The second-order valence-corrected chi connectivity index (χ2v) is 7.80. The molecule has 3 aromatic rings. The van der Waals surface area contributed by atoms with E-state index in [0.717, 1.165) is 5.52 Å². The van der Waals surface area contributed by atoms with E-state index in [2.05, 4.69) is 20.5 Å². The summed E-state index contributed by atoms with van der Waals surface area (Å²) in [4.78, 5) is 12.1. The molecule has 0 saturated carbocycles. The van der Waals surface area contributed by atoms with Gasteiger partial charge in [0, 0.05) is 18.9 Å². The van der Waals surface area contributed by atoms with Gasteiger partial charge in [-0.2, -0.15) is 5.10 Å². The normalized spacial score (nSPS) is 11.1. The van der Waals surface area contributed by atoms with Gasteiger partial charge in [-0.3, -0.25) is 4.72 Å². The Morgan fingerprint density at radius 3 is 2.76 bits per heavy atom. The number of para-hydroxylation sites is 1.